The van der Waals surface area contributed by atoms with Crippen molar-refractivity contribution in [3.63, 3.8) is 0 Å². The molecule has 3 aliphatic rings. The van der Waals surface area contributed by atoms with E-state index in [1.54, 1.807) is 0 Å². The summed E-state index contributed by atoms with van der Waals surface area (Å²) >= 11 is 0. The van der Waals surface area contributed by atoms with E-state index < -0.39 is 0 Å². The van der Waals surface area contributed by atoms with Crippen molar-refractivity contribution in [1.29, 1.82) is 0 Å². The minimum absolute atomic E-state index is 0.0174. The molecule has 4 nitrogen and oxygen atoms in total. The number of nitrogens with one attached hydrogen (secondary N) is 1. The van der Waals surface area contributed by atoms with Gasteiger partial charge in [0, 0.05) is 38.3 Å². The van der Waals surface area contributed by atoms with Crippen molar-refractivity contribution >= 4 is 0 Å². The van der Waals surface area contributed by atoms with E-state index in [1.165, 1.54) is 51.7 Å². The molecule has 0 aliphatic carbocycles. The van der Waals surface area contributed by atoms with Crippen LogP contribution in [-0.4, -0.2) is 62.5 Å². The zero-order valence-corrected chi connectivity index (χ0v) is 14.5. The molecule has 2 atom stereocenters. The number of hydrogen-bond acceptors (Lipinski definition) is 4. The highest BCUT2D eigenvalue weighted by atomic mass is 16.5. The summed E-state index contributed by atoms with van der Waals surface area (Å²) < 4.78 is 11.7. The van der Waals surface area contributed by atoms with Crippen LogP contribution in [0.5, 0.6) is 0 Å². The summed E-state index contributed by atoms with van der Waals surface area (Å²) in [5.74, 6) is 0. The minimum atomic E-state index is 0.0174. The van der Waals surface area contributed by atoms with Gasteiger partial charge in [-0.1, -0.05) is 0 Å². The van der Waals surface area contributed by atoms with E-state index in [2.05, 4.69) is 24.1 Å². The lowest BCUT2D eigenvalue weighted by atomic mass is 9.73. The lowest BCUT2D eigenvalue weighted by Crippen LogP contribution is -2.52. The first-order valence-corrected chi connectivity index (χ1v) is 9.26. The van der Waals surface area contributed by atoms with Crippen LogP contribution in [0.1, 0.15) is 52.4 Å². The Kier molecular flexibility index (Phi) is 5.43. The Morgan fingerprint density at radius 2 is 1.95 bits per heavy atom. The third kappa shape index (κ3) is 4.44. The van der Waals surface area contributed by atoms with Crippen molar-refractivity contribution in [2.75, 3.05) is 45.9 Å². The van der Waals surface area contributed by atoms with E-state index in [1.807, 2.05) is 0 Å². The van der Waals surface area contributed by atoms with Crippen molar-refractivity contribution in [2.24, 2.45) is 5.41 Å². The summed E-state index contributed by atoms with van der Waals surface area (Å²) in [5.41, 5.74) is 0.383. The maximum Gasteiger partial charge on any atom is 0.0700 e. The Labute approximate surface area is 135 Å². The molecule has 3 heterocycles. The summed E-state index contributed by atoms with van der Waals surface area (Å²) in [6.45, 7) is 12.3. The van der Waals surface area contributed by atoms with Gasteiger partial charge in [-0.2, -0.15) is 0 Å². The van der Waals surface area contributed by atoms with Crippen molar-refractivity contribution in [2.45, 2.75) is 64.1 Å². The lowest BCUT2D eigenvalue weighted by molar-refractivity contribution is -0.110. The van der Waals surface area contributed by atoms with Gasteiger partial charge in [-0.25, -0.2) is 0 Å². The molecule has 0 aromatic rings. The molecule has 0 unspecified atom stereocenters. The second-order valence-corrected chi connectivity index (χ2v) is 8.28. The largest absolute Gasteiger partial charge is 0.377 e. The Balaban J connectivity index is 1.57. The van der Waals surface area contributed by atoms with Crippen LogP contribution in [0.4, 0.5) is 0 Å². The molecule has 0 bridgehead atoms. The molecule has 1 N–H and O–H groups in total. The molecule has 0 aromatic heterocycles. The molecule has 3 saturated heterocycles. The SMILES string of the molecule is CC1(C)C[C@](CNC[C@H]2CCCO2)(CN2CCCC2)CCO1. The second-order valence-electron chi connectivity index (χ2n) is 8.28. The van der Waals surface area contributed by atoms with Crippen LogP contribution in [0.15, 0.2) is 0 Å². The summed E-state index contributed by atoms with van der Waals surface area (Å²) in [6, 6.07) is 0. The molecule has 0 aromatic carbocycles. The highest BCUT2D eigenvalue weighted by Gasteiger charge is 2.42. The number of hydrogen-bond donors (Lipinski definition) is 1. The van der Waals surface area contributed by atoms with Crippen molar-refractivity contribution in [1.82, 2.24) is 10.2 Å². The fraction of sp³-hybridized carbons (Fsp3) is 1.00. The first-order chi connectivity index (χ1) is 10.6. The van der Waals surface area contributed by atoms with Crippen LogP contribution in [0.2, 0.25) is 0 Å². The van der Waals surface area contributed by atoms with E-state index in [0.717, 1.165) is 32.7 Å². The predicted molar refractivity (Wildman–Crippen MR) is 89.2 cm³/mol. The number of nitrogens with zero attached hydrogens (tertiary/aromatic N) is 1. The topological polar surface area (TPSA) is 33.7 Å². The van der Waals surface area contributed by atoms with Crippen LogP contribution in [0.3, 0.4) is 0 Å². The Morgan fingerprint density at radius 3 is 2.64 bits per heavy atom. The van der Waals surface area contributed by atoms with Gasteiger partial charge >= 0.3 is 0 Å². The summed E-state index contributed by atoms with van der Waals surface area (Å²) in [4.78, 5) is 2.68. The Morgan fingerprint density at radius 1 is 1.14 bits per heavy atom. The monoisotopic (exact) mass is 310 g/mol. The molecule has 0 saturated carbocycles. The van der Waals surface area contributed by atoms with E-state index in [9.17, 15) is 0 Å². The zero-order chi connectivity index (χ0) is 15.5. The first kappa shape index (κ1) is 16.7. The van der Waals surface area contributed by atoms with Gasteiger partial charge in [0.1, 0.15) is 0 Å². The van der Waals surface area contributed by atoms with Crippen molar-refractivity contribution < 1.29 is 9.47 Å². The van der Waals surface area contributed by atoms with Gasteiger partial charge in [0.2, 0.25) is 0 Å². The van der Waals surface area contributed by atoms with E-state index >= 15 is 0 Å². The number of rotatable bonds is 6. The van der Waals surface area contributed by atoms with Gasteiger partial charge in [0.25, 0.3) is 0 Å². The average molecular weight is 310 g/mol. The third-order valence-corrected chi connectivity index (χ3v) is 5.58. The van der Waals surface area contributed by atoms with E-state index in [4.69, 9.17) is 9.47 Å². The standard InChI is InChI=1S/C18H34N2O2/c1-17(2)13-18(7-11-22-17,15-20-8-3-4-9-20)14-19-12-16-6-5-10-21-16/h16,19H,3-15H2,1-2H3/t16-,18-/m1/s1. The highest BCUT2D eigenvalue weighted by Crippen LogP contribution is 2.39. The fourth-order valence-electron chi connectivity index (χ4n) is 4.65. The average Bonchev–Trinajstić information content (AvgIpc) is 3.11. The van der Waals surface area contributed by atoms with Crippen LogP contribution >= 0.6 is 0 Å². The molecule has 3 aliphatic heterocycles. The number of ether oxygens (including phenoxy) is 2. The molecule has 3 fully saturated rings. The molecule has 22 heavy (non-hydrogen) atoms. The molecule has 0 amide bonds. The third-order valence-electron chi connectivity index (χ3n) is 5.58. The van der Waals surface area contributed by atoms with Gasteiger partial charge < -0.3 is 19.7 Å². The van der Waals surface area contributed by atoms with Gasteiger partial charge in [-0.15, -0.1) is 0 Å². The van der Waals surface area contributed by atoms with E-state index in [-0.39, 0.29) is 5.60 Å². The van der Waals surface area contributed by atoms with Crippen LogP contribution < -0.4 is 5.32 Å². The van der Waals surface area contributed by atoms with E-state index in [0.29, 0.717) is 11.5 Å². The lowest BCUT2D eigenvalue weighted by Gasteiger charge is -2.47. The fourth-order valence-corrected chi connectivity index (χ4v) is 4.65. The van der Waals surface area contributed by atoms with Crippen LogP contribution in [0.25, 0.3) is 0 Å². The molecule has 3 rings (SSSR count). The van der Waals surface area contributed by atoms with Crippen molar-refractivity contribution in [3.05, 3.63) is 0 Å². The maximum atomic E-state index is 5.99. The first-order valence-electron chi connectivity index (χ1n) is 9.26. The smallest absolute Gasteiger partial charge is 0.0700 e. The molecular formula is C18H34N2O2. The normalized spacial score (nSPS) is 36.0. The molecule has 0 radical (unpaired) electrons. The molecular weight excluding hydrogens is 276 g/mol. The summed E-state index contributed by atoms with van der Waals surface area (Å²) in [5, 5.41) is 3.74. The number of likely N-dealkylation sites (tertiary alicyclic amines) is 1. The molecule has 0 spiro atoms. The zero-order valence-electron chi connectivity index (χ0n) is 14.5. The quantitative estimate of drug-likeness (QED) is 0.817. The summed E-state index contributed by atoms with van der Waals surface area (Å²) in [6.07, 6.45) is 7.99. The van der Waals surface area contributed by atoms with Crippen LogP contribution in [0, 0.1) is 5.41 Å². The van der Waals surface area contributed by atoms with Crippen LogP contribution in [-0.2, 0) is 9.47 Å². The second kappa shape index (κ2) is 7.16. The van der Waals surface area contributed by atoms with Gasteiger partial charge in [0.15, 0.2) is 0 Å². The van der Waals surface area contributed by atoms with Gasteiger partial charge in [0.05, 0.1) is 11.7 Å². The maximum absolute atomic E-state index is 5.99. The molecule has 4 heteroatoms. The Bertz CT molecular complexity index is 349. The summed E-state index contributed by atoms with van der Waals surface area (Å²) in [7, 11) is 0. The highest BCUT2D eigenvalue weighted by molar-refractivity contribution is 4.94. The minimum Gasteiger partial charge on any atom is -0.377 e. The van der Waals surface area contributed by atoms with Crippen molar-refractivity contribution in [3.8, 4) is 0 Å². The molecule has 128 valence electrons. The Hall–Kier alpha value is -0.160. The van der Waals surface area contributed by atoms with Gasteiger partial charge in [-0.3, -0.25) is 0 Å². The van der Waals surface area contributed by atoms with Gasteiger partial charge in [-0.05, 0) is 65.5 Å². The predicted octanol–water partition coefficient (Wildman–Crippen LogP) is 2.43.